The molecule has 12 heteroatoms. The first kappa shape index (κ1) is 23.1. The van der Waals surface area contributed by atoms with Crippen LogP contribution >= 0.6 is 11.3 Å². The van der Waals surface area contributed by atoms with Crippen LogP contribution in [0.15, 0.2) is 45.2 Å². The third-order valence-electron chi connectivity index (χ3n) is 5.02. The lowest BCUT2D eigenvalue weighted by molar-refractivity contribution is 0.0783. The van der Waals surface area contributed by atoms with Crippen molar-refractivity contribution in [3.63, 3.8) is 0 Å². The van der Waals surface area contributed by atoms with Gasteiger partial charge in [0.05, 0.1) is 17.8 Å². The second kappa shape index (κ2) is 9.43. The molecular formula is C22H21FN6O4S. The van der Waals surface area contributed by atoms with Crippen LogP contribution in [0.1, 0.15) is 27.4 Å². The lowest BCUT2D eigenvalue weighted by Gasteiger charge is -2.15. The Morgan fingerprint density at radius 2 is 2.12 bits per heavy atom. The molecule has 4 rings (SSSR count). The van der Waals surface area contributed by atoms with E-state index in [2.05, 4.69) is 20.6 Å². The van der Waals surface area contributed by atoms with Crippen LogP contribution in [0, 0.1) is 12.7 Å². The third-order valence-corrected chi connectivity index (χ3v) is 5.83. The number of nitrogens with zero attached hydrogens (tertiary/aromatic N) is 4. The normalized spacial score (nSPS) is 10.9. The summed E-state index contributed by atoms with van der Waals surface area (Å²) in [5.41, 5.74) is 1.08. The molecule has 3 amide bonds. The molecule has 0 atom stereocenters. The number of anilines is 1. The monoisotopic (exact) mass is 484 g/mol. The quantitative estimate of drug-likeness (QED) is 0.434. The maximum atomic E-state index is 13.2. The van der Waals surface area contributed by atoms with Crippen molar-refractivity contribution in [2.75, 3.05) is 12.4 Å². The van der Waals surface area contributed by atoms with E-state index in [0.717, 1.165) is 0 Å². The van der Waals surface area contributed by atoms with Gasteiger partial charge in [0, 0.05) is 26.0 Å². The van der Waals surface area contributed by atoms with Gasteiger partial charge in [0.1, 0.15) is 23.3 Å². The van der Waals surface area contributed by atoms with Crippen molar-refractivity contribution in [1.82, 2.24) is 24.8 Å². The second-order valence-electron chi connectivity index (χ2n) is 7.62. The molecule has 0 aliphatic carbocycles. The smallest absolute Gasteiger partial charge is 0.321 e. The summed E-state index contributed by atoms with van der Waals surface area (Å²) in [4.78, 5) is 47.6. The number of fused-ring (bicyclic) bond motifs is 1. The van der Waals surface area contributed by atoms with E-state index in [1.807, 2.05) is 0 Å². The number of amides is 3. The standard InChI is InChI=1S/C22H21FN6O4S/c1-12-16(17-18(33-12)25-11-29(3)20(17)31)19(30)28(2)9-15-10-34-22(26-15)27-21(32)24-8-13-5-4-6-14(23)7-13/h4-7,10-11H,8-9H2,1-3H3,(H2,24,26,27,32). The van der Waals surface area contributed by atoms with E-state index < -0.39 is 11.9 Å². The van der Waals surface area contributed by atoms with Crippen molar-refractivity contribution in [3.05, 3.63) is 74.7 Å². The van der Waals surface area contributed by atoms with Crippen molar-refractivity contribution < 1.29 is 18.4 Å². The number of aryl methyl sites for hydroxylation is 2. The Bertz CT molecular complexity index is 1440. The number of carbonyl (C=O) groups is 2. The van der Waals surface area contributed by atoms with Crippen LogP contribution in [-0.2, 0) is 20.1 Å². The Morgan fingerprint density at radius 1 is 1.32 bits per heavy atom. The predicted molar refractivity (Wildman–Crippen MR) is 124 cm³/mol. The molecule has 1 aromatic carbocycles. The second-order valence-corrected chi connectivity index (χ2v) is 8.47. The van der Waals surface area contributed by atoms with Crippen molar-refractivity contribution in [1.29, 1.82) is 0 Å². The molecule has 0 aliphatic heterocycles. The molecule has 34 heavy (non-hydrogen) atoms. The third kappa shape index (κ3) is 4.81. The van der Waals surface area contributed by atoms with Gasteiger partial charge >= 0.3 is 6.03 Å². The average Bonchev–Trinajstić information content (AvgIpc) is 3.37. The molecule has 2 N–H and O–H groups in total. The van der Waals surface area contributed by atoms with Crippen LogP contribution in [0.25, 0.3) is 11.1 Å². The molecule has 176 valence electrons. The number of furan rings is 1. The van der Waals surface area contributed by atoms with E-state index in [4.69, 9.17) is 4.42 Å². The Kier molecular flexibility index (Phi) is 6.41. The number of hydrogen-bond acceptors (Lipinski definition) is 7. The molecule has 0 aliphatic rings. The zero-order valence-corrected chi connectivity index (χ0v) is 19.4. The molecule has 0 radical (unpaired) electrons. The first-order valence-corrected chi connectivity index (χ1v) is 11.0. The van der Waals surface area contributed by atoms with E-state index in [0.29, 0.717) is 22.1 Å². The average molecular weight is 485 g/mol. The fourth-order valence-electron chi connectivity index (χ4n) is 3.36. The van der Waals surface area contributed by atoms with Gasteiger partial charge in [0.2, 0.25) is 5.71 Å². The highest BCUT2D eigenvalue weighted by Crippen LogP contribution is 2.23. The first-order valence-electron chi connectivity index (χ1n) is 10.2. The van der Waals surface area contributed by atoms with Crippen LogP contribution in [0.5, 0.6) is 0 Å². The van der Waals surface area contributed by atoms with Crippen molar-refractivity contribution in [2.45, 2.75) is 20.0 Å². The van der Waals surface area contributed by atoms with Gasteiger partial charge in [0.25, 0.3) is 11.5 Å². The number of urea groups is 1. The Labute approximate surface area is 197 Å². The summed E-state index contributed by atoms with van der Waals surface area (Å²) in [6.45, 7) is 1.91. The van der Waals surface area contributed by atoms with E-state index >= 15 is 0 Å². The van der Waals surface area contributed by atoms with Crippen molar-refractivity contribution >= 4 is 39.5 Å². The van der Waals surface area contributed by atoms with Crippen LogP contribution in [-0.4, -0.2) is 38.4 Å². The van der Waals surface area contributed by atoms with E-state index in [1.54, 1.807) is 38.5 Å². The summed E-state index contributed by atoms with van der Waals surface area (Å²) < 4.78 is 20.0. The molecule has 3 heterocycles. The minimum absolute atomic E-state index is 0.113. The largest absolute Gasteiger partial charge is 0.442 e. The molecule has 10 nitrogen and oxygen atoms in total. The van der Waals surface area contributed by atoms with Gasteiger partial charge in [-0.3, -0.25) is 14.9 Å². The van der Waals surface area contributed by atoms with Gasteiger partial charge in [-0.05, 0) is 24.6 Å². The maximum Gasteiger partial charge on any atom is 0.321 e. The summed E-state index contributed by atoms with van der Waals surface area (Å²) in [5.74, 6) is -0.479. The number of thiazole rings is 1. The van der Waals surface area contributed by atoms with E-state index in [1.165, 1.54) is 39.3 Å². The summed E-state index contributed by atoms with van der Waals surface area (Å²) in [7, 11) is 3.13. The highest BCUT2D eigenvalue weighted by atomic mass is 32.1. The Balaban J connectivity index is 1.40. The summed E-state index contributed by atoms with van der Waals surface area (Å²) in [6, 6.07) is 5.45. The molecule has 0 saturated heterocycles. The lowest BCUT2D eigenvalue weighted by Crippen LogP contribution is -2.29. The number of aromatic nitrogens is 3. The summed E-state index contributed by atoms with van der Waals surface area (Å²) >= 11 is 1.20. The highest BCUT2D eigenvalue weighted by molar-refractivity contribution is 7.13. The van der Waals surface area contributed by atoms with E-state index in [9.17, 15) is 18.8 Å². The molecule has 0 saturated carbocycles. The molecule has 0 spiro atoms. The lowest BCUT2D eigenvalue weighted by atomic mass is 10.1. The molecule has 0 bridgehead atoms. The number of halogens is 1. The van der Waals surface area contributed by atoms with Gasteiger partial charge in [-0.2, -0.15) is 0 Å². The van der Waals surface area contributed by atoms with Gasteiger partial charge in [-0.25, -0.2) is 19.2 Å². The van der Waals surface area contributed by atoms with Gasteiger partial charge < -0.3 is 19.2 Å². The van der Waals surface area contributed by atoms with Crippen LogP contribution in [0.4, 0.5) is 14.3 Å². The summed E-state index contributed by atoms with van der Waals surface area (Å²) in [6.07, 6.45) is 1.34. The fourth-order valence-corrected chi connectivity index (χ4v) is 4.05. The van der Waals surface area contributed by atoms with Crippen molar-refractivity contribution in [2.24, 2.45) is 7.05 Å². The zero-order chi connectivity index (χ0) is 24.4. The fraction of sp³-hybridized carbons (Fsp3) is 0.227. The Morgan fingerprint density at radius 3 is 2.88 bits per heavy atom. The van der Waals surface area contributed by atoms with E-state index in [-0.39, 0.29) is 41.1 Å². The van der Waals surface area contributed by atoms with Gasteiger partial charge in [-0.15, -0.1) is 11.3 Å². The molecule has 3 aromatic heterocycles. The topological polar surface area (TPSA) is 122 Å². The number of carbonyl (C=O) groups excluding carboxylic acids is 2. The number of benzene rings is 1. The number of rotatable bonds is 6. The molecule has 0 unspecified atom stereocenters. The maximum absolute atomic E-state index is 13.2. The number of nitrogens with one attached hydrogen (secondary N) is 2. The molecule has 4 aromatic rings. The SMILES string of the molecule is Cc1oc2ncn(C)c(=O)c2c1C(=O)N(C)Cc1csc(NC(=O)NCc2cccc(F)c2)n1. The first-order chi connectivity index (χ1) is 16.2. The number of hydrogen-bond donors (Lipinski definition) is 2. The van der Waals surface area contributed by atoms with Crippen LogP contribution < -0.4 is 16.2 Å². The minimum atomic E-state index is -0.488. The zero-order valence-electron chi connectivity index (χ0n) is 18.6. The van der Waals surface area contributed by atoms with Gasteiger partial charge in [0.15, 0.2) is 5.13 Å². The molecular weight excluding hydrogens is 463 g/mol. The van der Waals surface area contributed by atoms with Crippen LogP contribution in [0.2, 0.25) is 0 Å². The van der Waals surface area contributed by atoms with Gasteiger partial charge in [-0.1, -0.05) is 12.1 Å². The minimum Gasteiger partial charge on any atom is -0.442 e. The Hall–Kier alpha value is -4.06. The van der Waals surface area contributed by atoms with Crippen molar-refractivity contribution in [3.8, 4) is 0 Å². The predicted octanol–water partition coefficient (Wildman–Crippen LogP) is 3.02. The van der Waals surface area contributed by atoms with Crippen LogP contribution in [0.3, 0.4) is 0 Å². The summed E-state index contributed by atoms with van der Waals surface area (Å²) in [5, 5.41) is 7.44. The highest BCUT2D eigenvalue weighted by Gasteiger charge is 2.25. The molecule has 0 fully saturated rings.